The van der Waals surface area contributed by atoms with E-state index in [-0.39, 0.29) is 6.61 Å². The first kappa shape index (κ1) is 23.6. The fourth-order valence-corrected chi connectivity index (χ4v) is 4.95. The van der Waals surface area contributed by atoms with Gasteiger partial charge in [-0.25, -0.2) is 4.90 Å². The number of hydrogen-bond donors (Lipinski definition) is 1. The van der Waals surface area contributed by atoms with Gasteiger partial charge in [0.1, 0.15) is 22.8 Å². The van der Waals surface area contributed by atoms with Gasteiger partial charge in [-0.05, 0) is 32.0 Å². The summed E-state index contributed by atoms with van der Waals surface area (Å²) in [4.78, 5) is 41.7. The third-order valence-electron chi connectivity index (χ3n) is 6.57. The number of benzene rings is 2. The number of methoxy groups -OCH3 is 3. The minimum Gasteiger partial charge on any atom is -0.497 e. The van der Waals surface area contributed by atoms with E-state index in [1.807, 2.05) is 0 Å². The fourth-order valence-electron chi connectivity index (χ4n) is 4.95. The lowest BCUT2D eigenvalue weighted by Crippen LogP contribution is -2.54. The average Bonchev–Trinajstić information content (AvgIpc) is 3.31. The molecular formula is C25H28N2O7. The second-order valence-corrected chi connectivity index (χ2v) is 8.37. The summed E-state index contributed by atoms with van der Waals surface area (Å²) < 4.78 is 21.4. The van der Waals surface area contributed by atoms with Crippen molar-refractivity contribution in [2.24, 2.45) is 11.8 Å². The number of imide groups is 1. The van der Waals surface area contributed by atoms with Crippen molar-refractivity contribution in [3.05, 3.63) is 48.0 Å². The molecule has 2 aliphatic rings. The maximum absolute atomic E-state index is 13.8. The molecule has 0 radical (unpaired) electrons. The van der Waals surface area contributed by atoms with Gasteiger partial charge >= 0.3 is 5.97 Å². The second-order valence-electron chi connectivity index (χ2n) is 8.37. The zero-order valence-electron chi connectivity index (χ0n) is 19.8. The molecule has 0 bridgehead atoms. The standard InChI is InChI=1S/C25H28N2O7/c1-6-34-24(30)25(2)20-19(21(26-25)17-11-10-16(32-4)13-18(17)33-5)22(28)27(23(20)29)14-8-7-9-15(12-14)31-3/h7-13,19-21,26H,6H2,1-5H3/t19-,20-,21-,25+/m0/s1. The number of rotatable bonds is 7. The van der Waals surface area contributed by atoms with Crippen LogP contribution >= 0.6 is 0 Å². The monoisotopic (exact) mass is 468 g/mol. The molecule has 2 aromatic rings. The van der Waals surface area contributed by atoms with Crippen LogP contribution in [0.1, 0.15) is 25.5 Å². The number of hydrogen-bond acceptors (Lipinski definition) is 8. The Morgan fingerprint density at radius 2 is 1.71 bits per heavy atom. The maximum Gasteiger partial charge on any atom is 0.326 e. The van der Waals surface area contributed by atoms with Crippen molar-refractivity contribution in [1.82, 2.24) is 5.32 Å². The lowest BCUT2D eigenvalue weighted by Gasteiger charge is -2.29. The molecule has 9 nitrogen and oxygen atoms in total. The van der Waals surface area contributed by atoms with E-state index in [0.29, 0.717) is 28.5 Å². The predicted octanol–water partition coefficient (Wildman–Crippen LogP) is 2.48. The van der Waals surface area contributed by atoms with Gasteiger partial charge in [-0.2, -0.15) is 0 Å². The molecule has 0 aromatic heterocycles. The van der Waals surface area contributed by atoms with Crippen molar-refractivity contribution >= 4 is 23.5 Å². The molecular weight excluding hydrogens is 440 g/mol. The first-order chi connectivity index (χ1) is 16.3. The Morgan fingerprint density at radius 1 is 1.00 bits per heavy atom. The van der Waals surface area contributed by atoms with Crippen LogP contribution in [0.4, 0.5) is 5.69 Å². The molecule has 34 heavy (non-hydrogen) atoms. The quantitative estimate of drug-likeness (QED) is 0.488. The normalized spacial score (nSPS) is 25.8. The van der Waals surface area contributed by atoms with Crippen LogP contribution in [-0.2, 0) is 19.1 Å². The smallest absolute Gasteiger partial charge is 0.326 e. The summed E-state index contributed by atoms with van der Waals surface area (Å²) in [5, 5.41) is 3.25. The van der Waals surface area contributed by atoms with Gasteiger partial charge in [0.25, 0.3) is 0 Å². The molecule has 1 N–H and O–H groups in total. The summed E-state index contributed by atoms with van der Waals surface area (Å²) in [6.45, 7) is 3.45. The molecule has 2 aliphatic heterocycles. The Hall–Kier alpha value is -3.59. The van der Waals surface area contributed by atoms with Crippen LogP contribution in [-0.4, -0.2) is 51.3 Å². The van der Waals surface area contributed by atoms with Crippen molar-refractivity contribution < 1.29 is 33.3 Å². The van der Waals surface area contributed by atoms with Crippen LogP contribution in [0.25, 0.3) is 0 Å². The van der Waals surface area contributed by atoms with Crippen LogP contribution in [0, 0.1) is 11.8 Å². The number of carbonyl (C=O) groups excluding carboxylic acids is 3. The second kappa shape index (κ2) is 8.98. The highest BCUT2D eigenvalue weighted by molar-refractivity contribution is 6.24. The number of amides is 2. The Labute approximate surface area is 197 Å². The fraction of sp³-hybridized carbons (Fsp3) is 0.400. The van der Waals surface area contributed by atoms with Gasteiger partial charge in [-0.15, -0.1) is 0 Å². The van der Waals surface area contributed by atoms with Crippen molar-refractivity contribution in [3.63, 3.8) is 0 Å². The van der Waals surface area contributed by atoms with Gasteiger partial charge in [0, 0.05) is 23.7 Å². The maximum atomic E-state index is 13.8. The zero-order chi connectivity index (χ0) is 24.6. The Morgan fingerprint density at radius 3 is 2.35 bits per heavy atom. The summed E-state index contributed by atoms with van der Waals surface area (Å²) in [7, 11) is 4.57. The van der Waals surface area contributed by atoms with E-state index in [9.17, 15) is 14.4 Å². The molecule has 4 rings (SSSR count). The van der Waals surface area contributed by atoms with Crippen LogP contribution in [0.15, 0.2) is 42.5 Å². The highest BCUT2D eigenvalue weighted by atomic mass is 16.5. The number of esters is 1. The molecule has 2 aromatic carbocycles. The molecule has 0 saturated carbocycles. The Balaban J connectivity index is 1.84. The van der Waals surface area contributed by atoms with Crippen molar-refractivity contribution in [2.45, 2.75) is 25.4 Å². The molecule has 9 heteroatoms. The number of fused-ring (bicyclic) bond motifs is 1. The largest absolute Gasteiger partial charge is 0.497 e. The highest BCUT2D eigenvalue weighted by Crippen LogP contribution is 2.51. The van der Waals surface area contributed by atoms with Crippen molar-refractivity contribution in [2.75, 3.05) is 32.8 Å². The molecule has 2 fully saturated rings. The SMILES string of the molecule is CCOC(=O)[C@]1(C)N[C@@H](c2ccc(OC)cc2OC)[C@H]2C(=O)N(c3cccc(OC)c3)C(=O)[C@H]21. The van der Waals surface area contributed by atoms with E-state index in [2.05, 4.69) is 5.32 Å². The molecule has 2 saturated heterocycles. The summed E-state index contributed by atoms with van der Waals surface area (Å²) >= 11 is 0. The molecule has 0 spiro atoms. The summed E-state index contributed by atoms with van der Waals surface area (Å²) in [6, 6.07) is 11.3. The van der Waals surface area contributed by atoms with E-state index in [4.69, 9.17) is 18.9 Å². The zero-order valence-corrected chi connectivity index (χ0v) is 19.8. The average molecular weight is 469 g/mol. The molecule has 0 unspecified atom stereocenters. The Bertz CT molecular complexity index is 1130. The van der Waals surface area contributed by atoms with Crippen molar-refractivity contribution in [3.8, 4) is 17.2 Å². The summed E-state index contributed by atoms with van der Waals surface area (Å²) in [5.74, 6) is -1.73. The van der Waals surface area contributed by atoms with Crippen LogP contribution in [0.3, 0.4) is 0 Å². The lowest BCUT2D eigenvalue weighted by atomic mass is 9.80. The van der Waals surface area contributed by atoms with Gasteiger partial charge in [-0.1, -0.05) is 12.1 Å². The topological polar surface area (TPSA) is 103 Å². The molecule has 2 heterocycles. The van der Waals surface area contributed by atoms with Gasteiger partial charge in [-0.3, -0.25) is 19.7 Å². The first-order valence-electron chi connectivity index (χ1n) is 11.0. The lowest BCUT2D eigenvalue weighted by molar-refractivity contribution is -0.153. The van der Waals surface area contributed by atoms with E-state index in [0.717, 1.165) is 4.90 Å². The van der Waals surface area contributed by atoms with Crippen LogP contribution < -0.4 is 24.4 Å². The van der Waals surface area contributed by atoms with Gasteiger partial charge < -0.3 is 18.9 Å². The van der Waals surface area contributed by atoms with Gasteiger partial charge in [0.2, 0.25) is 11.8 Å². The number of anilines is 1. The van der Waals surface area contributed by atoms with Crippen molar-refractivity contribution in [1.29, 1.82) is 0 Å². The minimum atomic E-state index is -1.42. The number of nitrogens with one attached hydrogen (secondary N) is 1. The number of carbonyl (C=O) groups is 3. The third-order valence-corrected chi connectivity index (χ3v) is 6.57. The first-order valence-corrected chi connectivity index (χ1v) is 11.0. The molecule has 0 aliphatic carbocycles. The van der Waals surface area contributed by atoms with Gasteiger partial charge in [0.15, 0.2) is 0 Å². The Kier molecular flexibility index (Phi) is 6.22. The minimum absolute atomic E-state index is 0.145. The number of ether oxygens (including phenoxy) is 4. The summed E-state index contributed by atoms with van der Waals surface area (Å²) in [5.41, 5.74) is -0.397. The molecule has 180 valence electrons. The predicted molar refractivity (Wildman–Crippen MR) is 123 cm³/mol. The van der Waals surface area contributed by atoms with Crippen LogP contribution in [0.2, 0.25) is 0 Å². The van der Waals surface area contributed by atoms with E-state index >= 15 is 0 Å². The van der Waals surface area contributed by atoms with E-state index in [1.54, 1.807) is 63.4 Å². The highest BCUT2D eigenvalue weighted by Gasteiger charge is 2.67. The number of nitrogens with zero attached hydrogens (tertiary/aromatic N) is 1. The molecule has 2 amide bonds. The third kappa shape index (κ3) is 3.56. The van der Waals surface area contributed by atoms with E-state index in [1.165, 1.54) is 14.2 Å². The summed E-state index contributed by atoms with van der Waals surface area (Å²) in [6.07, 6.45) is 0. The van der Waals surface area contributed by atoms with Gasteiger partial charge in [0.05, 0.1) is 45.5 Å². The molecule has 4 atom stereocenters. The van der Waals surface area contributed by atoms with E-state index < -0.39 is 41.2 Å². The van der Waals surface area contributed by atoms with Crippen LogP contribution in [0.5, 0.6) is 17.2 Å².